The summed E-state index contributed by atoms with van der Waals surface area (Å²) in [5.74, 6) is 1.55. The van der Waals surface area contributed by atoms with Crippen molar-refractivity contribution >= 4 is 44.4 Å². The minimum absolute atomic E-state index is 0.423. The van der Waals surface area contributed by atoms with Crippen LogP contribution in [0.5, 0.6) is 0 Å². The lowest BCUT2D eigenvalue weighted by molar-refractivity contribution is 0.669. The summed E-state index contributed by atoms with van der Waals surface area (Å²) in [6.07, 6.45) is -0.423. The zero-order valence-electron chi connectivity index (χ0n) is 25.5. The molecule has 1 aliphatic rings. The van der Waals surface area contributed by atoms with Gasteiger partial charge in [0.25, 0.3) is 0 Å². The van der Waals surface area contributed by atoms with Crippen molar-refractivity contribution in [1.29, 1.82) is 0 Å². The number of hydrogen-bond donors (Lipinski definition) is 1. The summed E-state index contributed by atoms with van der Waals surface area (Å²) in [6, 6.07) is 57.0. The monoisotopic (exact) mass is 603 g/mol. The second-order valence-electron chi connectivity index (χ2n) is 11.9. The first-order valence-corrected chi connectivity index (χ1v) is 15.9. The molecule has 222 valence electrons. The van der Waals surface area contributed by atoms with Crippen LogP contribution < -0.4 is 5.32 Å². The number of aliphatic imine (C=N–C) groups is 2. The van der Waals surface area contributed by atoms with Gasteiger partial charge in [-0.2, -0.15) is 0 Å². The van der Waals surface area contributed by atoms with Gasteiger partial charge in [0, 0.05) is 21.9 Å². The van der Waals surface area contributed by atoms with Crippen LogP contribution >= 0.6 is 0 Å². The number of rotatable bonds is 5. The van der Waals surface area contributed by atoms with Crippen LogP contribution in [0.4, 0.5) is 0 Å². The minimum Gasteiger partial charge on any atom is -0.456 e. The second kappa shape index (κ2) is 11.3. The van der Waals surface area contributed by atoms with Gasteiger partial charge in [0.15, 0.2) is 6.17 Å². The molecular formula is C43H29N3O. The Labute approximate surface area is 272 Å². The zero-order valence-corrected chi connectivity index (χ0v) is 25.5. The smallest absolute Gasteiger partial charge is 0.169 e. The van der Waals surface area contributed by atoms with Crippen molar-refractivity contribution in [2.45, 2.75) is 6.17 Å². The van der Waals surface area contributed by atoms with E-state index in [4.69, 9.17) is 14.4 Å². The Morgan fingerprint density at radius 2 is 1.06 bits per heavy atom. The van der Waals surface area contributed by atoms with Crippen LogP contribution in [-0.2, 0) is 0 Å². The van der Waals surface area contributed by atoms with E-state index in [0.717, 1.165) is 61.4 Å². The minimum atomic E-state index is -0.423. The quantitative estimate of drug-likeness (QED) is 0.213. The largest absolute Gasteiger partial charge is 0.456 e. The first-order chi connectivity index (χ1) is 23.3. The van der Waals surface area contributed by atoms with Crippen molar-refractivity contribution in [1.82, 2.24) is 5.32 Å². The SMILES string of the molecule is c1ccc(C2=NC(c3ccc4ccccc4c3)N=C(c3cc(-c4ccc(-c5ccccc5)cc4)cc4oc5ccccc5c34)N2)cc1. The van der Waals surface area contributed by atoms with Crippen molar-refractivity contribution in [3.05, 3.63) is 180 Å². The van der Waals surface area contributed by atoms with E-state index in [0.29, 0.717) is 0 Å². The van der Waals surface area contributed by atoms with Crippen LogP contribution in [0.15, 0.2) is 178 Å². The highest BCUT2D eigenvalue weighted by molar-refractivity contribution is 6.24. The molecule has 1 aromatic heterocycles. The van der Waals surface area contributed by atoms with E-state index < -0.39 is 6.17 Å². The molecule has 0 radical (unpaired) electrons. The van der Waals surface area contributed by atoms with Crippen LogP contribution in [0, 0.1) is 0 Å². The molecule has 1 aliphatic heterocycles. The van der Waals surface area contributed by atoms with Gasteiger partial charge in [-0.1, -0.05) is 140 Å². The maximum atomic E-state index is 6.50. The van der Waals surface area contributed by atoms with E-state index >= 15 is 0 Å². The fourth-order valence-corrected chi connectivity index (χ4v) is 6.54. The van der Waals surface area contributed by atoms with Crippen LogP contribution in [0.2, 0.25) is 0 Å². The molecular weight excluding hydrogens is 574 g/mol. The lowest BCUT2D eigenvalue weighted by Gasteiger charge is -2.23. The van der Waals surface area contributed by atoms with Gasteiger partial charge in [-0.05, 0) is 62.9 Å². The Morgan fingerprint density at radius 1 is 0.447 bits per heavy atom. The number of fused-ring (bicyclic) bond motifs is 4. The van der Waals surface area contributed by atoms with Crippen molar-refractivity contribution in [2.75, 3.05) is 0 Å². The first-order valence-electron chi connectivity index (χ1n) is 15.9. The predicted molar refractivity (Wildman–Crippen MR) is 194 cm³/mol. The molecule has 1 N–H and O–H groups in total. The van der Waals surface area contributed by atoms with Crippen LogP contribution in [0.25, 0.3) is 55.0 Å². The van der Waals surface area contributed by atoms with E-state index in [1.54, 1.807) is 0 Å². The Balaban J connectivity index is 1.23. The van der Waals surface area contributed by atoms with Gasteiger partial charge in [0.1, 0.15) is 22.8 Å². The van der Waals surface area contributed by atoms with Crippen molar-refractivity contribution < 1.29 is 4.42 Å². The molecule has 4 nitrogen and oxygen atoms in total. The molecule has 4 heteroatoms. The highest BCUT2D eigenvalue weighted by Crippen LogP contribution is 2.37. The van der Waals surface area contributed by atoms with E-state index in [1.807, 2.05) is 36.4 Å². The standard InChI is InChI=1S/C43H29N3O/c1-3-11-28(12-4-1)30-19-21-31(22-20-30)35-26-37(40-36-17-9-10-18-38(36)47-39(40)27-35)43-45-41(32-14-5-2-6-15-32)44-42(46-43)34-24-23-29-13-7-8-16-33(29)25-34/h1-27,42H,(H,44,45,46). The number of nitrogens with one attached hydrogen (secondary N) is 1. The molecule has 9 rings (SSSR count). The van der Waals surface area contributed by atoms with Crippen molar-refractivity contribution in [3.8, 4) is 22.3 Å². The highest BCUT2D eigenvalue weighted by atomic mass is 16.3. The van der Waals surface area contributed by atoms with Gasteiger partial charge < -0.3 is 9.73 Å². The number of para-hydroxylation sites is 1. The zero-order chi connectivity index (χ0) is 31.2. The molecule has 0 spiro atoms. The van der Waals surface area contributed by atoms with Crippen molar-refractivity contribution in [3.63, 3.8) is 0 Å². The third-order valence-corrected chi connectivity index (χ3v) is 8.92. The predicted octanol–water partition coefficient (Wildman–Crippen LogP) is 10.6. The van der Waals surface area contributed by atoms with Gasteiger partial charge in [0.05, 0.1) is 0 Å². The van der Waals surface area contributed by atoms with Gasteiger partial charge in [0.2, 0.25) is 0 Å². The van der Waals surface area contributed by atoms with Gasteiger partial charge >= 0.3 is 0 Å². The third-order valence-electron chi connectivity index (χ3n) is 8.92. The van der Waals surface area contributed by atoms with E-state index in [1.165, 1.54) is 21.9 Å². The highest BCUT2D eigenvalue weighted by Gasteiger charge is 2.24. The van der Waals surface area contributed by atoms with Gasteiger partial charge in [-0.25, -0.2) is 9.98 Å². The Bertz CT molecular complexity index is 2480. The molecule has 0 aliphatic carbocycles. The fraction of sp³-hybridized carbons (Fsp3) is 0.0233. The number of amidine groups is 2. The topological polar surface area (TPSA) is 49.9 Å². The molecule has 1 atom stereocenters. The number of hydrogen-bond acceptors (Lipinski definition) is 4. The van der Waals surface area contributed by atoms with Crippen LogP contribution in [0.3, 0.4) is 0 Å². The second-order valence-corrected chi connectivity index (χ2v) is 11.9. The molecule has 47 heavy (non-hydrogen) atoms. The summed E-state index contributed by atoms with van der Waals surface area (Å²) in [7, 11) is 0. The van der Waals surface area contributed by atoms with Crippen molar-refractivity contribution in [2.24, 2.45) is 9.98 Å². The third kappa shape index (κ3) is 4.97. The molecule has 1 unspecified atom stereocenters. The maximum absolute atomic E-state index is 6.50. The maximum Gasteiger partial charge on any atom is 0.169 e. The van der Waals surface area contributed by atoms with E-state index in [9.17, 15) is 0 Å². The molecule has 8 aromatic rings. The molecule has 0 amide bonds. The lowest BCUT2D eigenvalue weighted by Crippen LogP contribution is -2.36. The van der Waals surface area contributed by atoms with Crippen LogP contribution in [0.1, 0.15) is 22.9 Å². The molecule has 0 saturated heterocycles. The Morgan fingerprint density at radius 3 is 1.85 bits per heavy atom. The van der Waals surface area contributed by atoms with E-state index in [-0.39, 0.29) is 0 Å². The lowest BCUT2D eigenvalue weighted by atomic mass is 9.96. The molecule has 0 saturated carbocycles. The number of nitrogens with zero attached hydrogens (tertiary/aromatic N) is 2. The first kappa shape index (κ1) is 27.1. The normalized spacial score (nSPS) is 14.6. The molecule has 7 aromatic carbocycles. The Kier molecular flexibility index (Phi) is 6.50. The molecule has 0 fully saturated rings. The number of furan rings is 1. The summed E-state index contributed by atoms with van der Waals surface area (Å²) in [5.41, 5.74) is 9.23. The molecule has 2 heterocycles. The van der Waals surface area contributed by atoms with E-state index in [2.05, 4.69) is 133 Å². The summed E-state index contributed by atoms with van der Waals surface area (Å²) in [6.45, 7) is 0. The van der Waals surface area contributed by atoms with Gasteiger partial charge in [-0.15, -0.1) is 0 Å². The average molecular weight is 604 g/mol. The van der Waals surface area contributed by atoms with Gasteiger partial charge in [-0.3, -0.25) is 0 Å². The number of benzene rings is 7. The summed E-state index contributed by atoms with van der Waals surface area (Å²) in [4.78, 5) is 10.5. The Hall–Kier alpha value is -6.26. The van der Waals surface area contributed by atoms with Crippen LogP contribution in [-0.4, -0.2) is 11.7 Å². The summed E-state index contributed by atoms with van der Waals surface area (Å²) < 4.78 is 6.50. The fourth-order valence-electron chi connectivity index (χ4n) is 6.54. The molecule has 0 bridgehead atoms. The average Bonchev–Trinajstić information content (AvgIpc) is 3.53. The summed E-state index contributed by atoms with van der Waals surface area (Å²) in [5, 5.41) is 8.08. The summed E-state index contributed by atoms with van der Waals surface area (Å²) >= 11 is 0.